The molecule has 108 valence electrons. The molecule has 2 N–H and O–H groups in total. The van der Waals surface area contributed by atoms with Crippen molar-refractivity contribution in [3.05, 3.63) is 0 Å². The van der Waals surface area contributed by atoms with E-state index in [-0.39, 0.29) is 11.0 Å². The van der Waals surface area contributed by atoms with E-state index in [1.807, 2.05) is 0 Å². The van der Waals surface area contributed by atoms with Crippen molar-refractivity contribution in [1.82, 2.24) is 4.90 Å². The molecule has 0 aliphatic carbocycles. The van der Waals surface area contributed by atoms with Crippen LogP contribution in [0, 0.1) is 5.41 Å². The first-order valence-electron chi connectivity index (χ1n) is 7.44. The van der Waals surface area contributed by atoms with E-state index in [9.17, 15) is 0 Å². The zero-order valence-electron chi connectivity index (χ0n) is 13.0. The van der Waals surface area contributed by atoms with Gasteiger partial charge in [0.25, 0.3) is 0 Å². The van der Waals surface area contributed by atoms with Crippen LogP contribution in [-0.2, 0) is 4.74 Å². The maximum atomic E-state index is 5.94. The predicted molar refractivity (Wildman–Crippen MR) is 77.8 cm³/mol. The highest BCUT2D eigenvalue weighted by Crippen LogP contribution is 2.31. The first kappa shape index (κ1) is 15.9. The van der Waals surface area contributed by atoms with Gasteiger partial charge in [-0.25, -0.2) is 0 Å². The van der Waals surface area contributed by atoms with E-state index in [4.69, 9.17) is 10.5 Å². The normalized spacial score (nSPS) is 29.8. The van der Waals surface area contributed by atoms with Crippen molar-refractivity contribution in [2.75, 3.05) is 26.2 Å². The van der Waals surface area contributed by atoms with Gasteiger partial charge in [0.2, 0.25) is 0 Å². The zero-order valence-corrected chi connectivity index (χ0v) is 13.0. The van der Waals surface area contributed by atoms with E-state index >= 15 is 0 Å². The van der Waals surface area contributed by atoms with Crippen LogP contribution in [0.15, 0.2) is 0 Å². The molecule has 1 fully saturated rings. The smallest absolute Gasteiger partial charge is 0.0666 e. The van der Waals surface area contributed by atoms with Crippen molar-refractivity contribution in [2.45, 2.75) is 65.5 Å². The Balaban J connectivity index is 2.65. The van der Waals surface area contributed by atoms with Gasteiger partial charge in [-0.3, -0.25) is 4.90 Å². The number of ether oxygens (including phenoxy) is 1. The van der Waals surface area contributed by atoms with Gasteiger partial charge in [-0.1, -0.05) is 27.7 Å². The van der Waals surface area contributed by atoms with Crippen molar-refractivity contribution < 1.29 is 4.74 Å². The van der Waals surface area contributed by atoms with Gasteiger partial charge < -0.3 is 10.5 Å². The predicted octanol–water partition coefficient (Wildman–Crippen LogP) is 2.64. The molecule has 1 rings (SSSR count). The summed E-state index contributed by atoms with van der Waals surface area (Å²) in [5, 5.41) is 0. The van der Waals surface area contributed by atoms with E-state index in [2.05, 4.69) is 39.5 Å². The molecule has 0 aromatic rings. The molecule has 2 unspecified atom stereocenters. The molecule has 1 heterocycles. The van der Waals surface area contributed by atoms with Crippen LogP contribution in [0.5, 0.6) is 0 Å². The number of rotatable bonds is 6. The second kappa shape index (κ2) is 6.36. The largest absolute Gasteiger partial charge is 0.375 e. The Bertz CT molecular complexity index is 253. The minimum atomic E-state index is 0.0726. The molecule has 0 radical (unpaired) electrons. The van der Waals surface area contributed by atoms with E-state index in [1.54, 1.807) is 0 Å². The van der Waals surface area contributed by atoms with Crippen molar-refractivity contribution in [1.29, 1.82) is 0 Å². The Labute approximate surface area is 113 Å². The van der Waals surface area contributed by atoms with Gasteiger partial charge in [-0.15, -0.1) is 0 Å². The minimum absolute atomic E-state index is 0.0726. The summed E-state index contributed by atoms with van der Waals surface area (Å²) in [6.45, 7) is 15.1. The summed E-state index contributed by atoms with van der Waals surface area (Å²) in [6.07, 6.45) is 3.41. The summed E-state index contributed by atoms with van der Waals surface area (Å²) >= 11 is 0. The molecule has 2 atom stereocenters. The van der Waals surface area contributed by atoms with Crippen LogP contribution in [0.1, 0.15) is 53.9 Å². The molecule has 0 bridgehead atoms. The van der Waals surface area contributed by atoms with Gasteiger partial charge in [-0.05, 0) is 44.7 Å². The second-order valence-corrected chi connectivity index (χ2v) is 6.73. The standard InChI is InChI=1S/C15H32N2O/c1-6-15(5)10-13(8-9-18-15)17(7-2)12-14(3,4)11-16/h13H,6-12,16H2,1-5H3. The van der Waals surface area contributed by atoms with Gasteiger partial charge in [0.1, 0.15) is 0 Å². The Morgan fingerprint density at radius 3 is 2.56 bits per heavy atom. The fraction of sp³-hybridized carbons (Fsp3) is 1.00. The molecule has 3 heteroatoms. The highest BCUT2D eigenvalue weighted by molar-refractivity contribution is 4.88. The SMILES string of the molecule is CCN(CC(C)(C)CN)C1CCOC(C)(CC)C1. The van der Waals surface area contributed by atoms with E-state index in [0.717, 1.165) is 45.5 Å². The Morgan fingerprint density at radius 2 is 2.06 bits per heavy atom. The zero-order chi connectivity index (χ0) is 13.8. The van der Waals surface area contributed by atoms with Crippen LogP contribution in [0.4, 0.5) is 0 Å². The van der Waals surface area contributed by atoms with Gasteiger partial charge in [0, 0.05) is 19.2 Å². The topological polar surface area (TPSA) is 38.5 Å². The van der Waals surface area contributed by atoms with E-state index in [1.165, 1.54) is 0 Å². The molecule has 1 saturated heterocycles. The molecule has 18 heavy (non-hydrogen) atoms. The monoisotopic (exact) mass is 256 g/mol. The van der Waals surface area contributed by atoms with Gasteiger partial charge in [0.05, 0.1) is 5.60 Å². The van der Waals surface area contributed by atoms with Crippen molar-refractivity contribution in [3.8, 4) is 0 Å². The minimum Gasteiger partial charge on any atom is -0.375 e. The third kappa shape index (κ3) is 4.22. The summed E-state index contributed by atoms with van der Waals surface area (Å²) in [5.74, 6) is 0. The quantitative estimate of drug-likeness (QED) is 0.794. The number of hydrogen-bond donors (Lipinski definition) is 1. The third-order valence-electron chi connectivity index (χ3n) is 4.42. The molecule has 0 amide bonds. The molecular formula is C15H32N2O. The fourth-order valence-electron chi connectivity index (χ4n) is 2.77. The maximum absolute atomic E-state index is 5.94. The molecular weight excluding hydrogens is 224 g/mol. The molecule has 0 aromatic carbocycles. The highest BCUT2D eigenvalue weighted by Gasteiger charge is 2.35. The van der Waals surface area contributed by atoms with Crippen molar-refractivity contribution in [2.24, 2.45) is 11.1 Å². The van der Waals surface area contributed by atoms with Crippen LogP contribution in [0.25, 0.3) is 0 Å². The maximum Gasteiger partial charge on any atom is 0.0666 e. The van der Waals surface area contributed by atoms with Crippen molar-refractivity contribution >= 4 is 0 Å². The first-order valence-corrected chi connectivity index (χ1v) is 7.44. The van der Waals surface area contributed by atoms with Gasteiger partial charge in [0.15, 0.2) is 0 Å². The lowest BCUT2D eigenvalue weighted by Crippen LogP contribution is -2.50. The third-order valence-corrected chi connectivity index (χ3v) is 4.42. The lowest BCUT2D eigenvalue weighted by atomic mass is 9.86. The lowest BCUT2D eigenvalue weighted by Gasteiger charge is -2.44. The molecule has 0 aromatic heterocycles. The van der Waals surface area contributed by atoms with Crippen LogP contribution < -0.4 is 5.73 Å². The van der Waals surface area contributed by atoms with Gasteiger partial charge in [-0.2, -0.15) is 0 Å². The Kier molecular flexibility index (Phi) is 5.63. The van der Waals surface area contributed by atoms with Gasteiger partial charge >= 0.3 is 0 Å². The average Bonchev–Trinajstić information content (AvgIpc) is 2.36. The first-order chi connectivity index (χ1) is 8.36. The van der Waals surface area contributed by atoms with Crippen LogP contribution in [0.2, 0.25) is 0 Å². The van der Waals surface area contributed by atoms with E-state index in [0.29, 0.717) is 6.04 Å². The van der Waals surface area contributed by atoms with Crippen molar-refractivity contribution in [3.63, 3.8) is 0 Å². The van der Waals surface area contributed by atoms with Crippen LogP contribution in [-0.4, -0.2) is 42.8 Å². The van der Waals surface area contributed by atoms with E-state index < -0.39 is 0 Å². The van der Waals surface area contributed by atoms with Crippen LogP contribution >= 0.6 is 0 Å². The molecule has 1 aliphatic heterocycles. The summed E-state index contributed by atoms with van der Waals surface area (Å²) in [5.41, 5.74) is 6.14. The van der Waals surface area contributed by atoms with Crippen LogP contribution in [0.3, 0.4) is 0 Å². The summed E-state index contributed by atoms with van der Waals surface area (Å²) in [4.78, 5) is 2.60. The lowest BCUT2D eigenvalue weighted by molar-refractivity contribution is -0.0989. The summed E-state index contributed by atoms with van der Waals surface area (Å²) in [6, 6.07) is 0.652. The summed E-state index contributed by atoms with van der Waals surface area (Å²) in [7, 11) is 0. The average molecular weight is 256 g/mol. The highest BCUT2D eigenvalue weighted by atomic mass is 16.5. The molecule has 1 aliphatic rings. The summed E-state index contributed by atoms with van der Waals surface area (Å²) < 4.78 is 5.94. The number of hydrogen-bond acceptors (Lipinski definition) is 3. The molecule has 3 nitrogen and oxygen atoms in total. The number of nitrogens with two attached hydrogens (primary N) is 1. The molecule has 0 saturated carbocycles. The molecule has 0 spiro atoms. The Hall–Kier alpha value is -0.120. The Morgan fingerprint density at radius 1 is 1.39 bits per heavy atom. The fourth-order valence-corrected chi connectivity index (χ4v) is 2.77. The second-order valence-electron chi connectivity index (χ2n) is 6.73. The number of nitrogens with zero attached hydrogens (tertiary/aromatic N) is 1.